The number of H-pyrrole nitrogens is 1. The number of nitrogens with one attached hydrogen (secondary N) is 2. The van der Waals surface area contributed by atoms with Gasteiger partial charge in [0, 0.05) is 25.8 Å². The fourth-order valence-electron chi connectivity index (χ4n) is 1.95. The zero-order chi connectivity index (χ0) is 11.7. The number of carbonyl (C=O) groups is 1. The number of amides is 1. The Morgan fingerprint density at radius 3 is 2.88 bits per heavy atom. The highest BCUT2D eigenvalue weighted by Crippen LogP contribution is 2.13. The van der Waals surface area contributed by atoms with Crippen LogP contribution < -0.4 is 5.32 Å². The Bertz CT molecular complexity index is 390. The number of hydrogen-bond acceptors (Lipinski definition) is 4. The maximum absolute atomic E-state index is 12.1. The van der Waals surface area contributed by atoms with E-state index in [1.807, 2.05) is 0 Å². The van der Waals surface area contributed by atoms with Gasteiger partial charge in [0.15, 0.2) is 0 Å². The van der Waals surface area contributed by atoms with Crippen LogP contribution >= 0.6 is 0 Å². The molecule has 0 bridgehead atoms. The van der Waals surface area contributed by atoms with Gasteiger partial charge in [0.25, 0.3) is 5.91 Å². The minimum Gasteiger partial charge on any atom is -0.390 e. The first-order valence-corrected chi connectivity index (χ1v) is 5.27. The molecule has 1 aliphatic rings. The van der Waals surface area contributed by atoms with Gasteiger partial charge in [-0.15, -0.1) is 0 Å². The van der Waals surface area contributed by atoms with Gasteiger partial charge in [-0.2, -0.15) is 5.10 Å². The lowest BCUT2D eigenvalue weighted by Crippen LogP contribution is -2.44. The van der Waals surface area contributed by atoms with Crippen molar-refractivity contribution in [1.82, 2.24) is 20.4 Å². The lowest BCUT2D eigenvalue weighted by atomic mass is 10.1. The number of nitrogens with zero attached hydrogens (tertiary/aromatic N) is 2. The molecular weight excluding hydrogens is 208 g/mol. The first-order valence-electron chi connectivity index (χ1n) is 5.27. The number of aromatic amines is 1. The maximum Gasteiger partial charge on any atom is 0.257 e. The average Bonchev–Trinajstić information content (AvgIpc) is 2.85. The number of hydrogen-bond donors (Lipinski definition) is 3. The summed E-state index contributed by atoms with van der Waals surface area (Å²) in [6.07, 6.45) is 1.02. The summed E-state index contributed by atoms with van der Waals surface area (Å²) in [5.41, 5.74) is 1.30. The van der Waals surface area contributed by atoms with Gasteiger partial charge < -0.3 is 15.3 Å². The van der Waals surface area contributed by atoms with Crippen LogP contribution in [0.15, 0.2) is 6.20 Å². The van der Waals surface area contributed by atoms with Crippen molar-refractivity contribution in [2.24, 2.45) is 0 Å². The number of aliphatic hydroxyl groups excluding tert-OH is 1. The van der Waals surface area contributed by atoms with Crippen molar-refractivity contribution in [3.8, 4) is 0 Å². The molecule has 0 aliphatic carbocycles. The molecule has 0 radical (unpaired) electrons. The molecule has 88 valence electrons. The number of carbonyl (C=O) groups excluding carboxylic acids is 1. The Morgan fingerprint density at radius 2 is 2.38 bits per heavy atom. The van der Waals surface area contributed by atoms with E-state index in [-0.39, 0.29) is 11.9 Å². The van der Waals surface area contributed by atoms with Gasteiger partial charge in [-0.3, -0.25) is 9.89 Å². The van der Waals surface area contributed by atoms with Gasteiger partial charge in [0.1, 0.15) is 0 Å². The Kier molecular flexibility index (Phi) is 2.93. The van der Waals surface area contributed by atoms with Crippen molar-refractivity contribution in [1.29, 1.82) is 0 Å². The molecule has 2 rings (SSSR count). The second kappa shape index (κ2) is 4.23. The minimum absolute atomic E-state index is 0.112. The fraction of sp³-hybridized carbons (Fsp3) is 0.600. The number of likely N-dealkylation sites (N-methyl/N-ethyl adjacent to an activating group) is 1. The number of rotatable bonds is 2. The molecule has 0 saturated carbocycles. The molecule has 2 atom stereocenters. The minimum atomic E-state index is -0.499. The smallest absolute Gasteiger partial charge is 0.257 e. The topological polar surface area (TPSA) is 81.2 Å². The molecule has 0 unspecified atom stereocenters. The first kappa shape index (κ1) is 11.1. The second-order valence-corrected chi connectivity index (χ2v) is 4.12. The molecule has 16 heavy (non-hydrogen) atoms. The Morgan fingerprint density at radius 1 is 1.62 bits per heavy atom. The molecule has 0 spiro atoms. The van der Waals surface area contributed by atoms with Crippen LogP contribution in [0.4, 0.5) is 0 Å². The number of aliphatic hydroxyl groups is 1. The van der Waals surface area contributed by atoms with Gasteiger partial charge in [0.2, 0.25) is 0 Å². The van der Waals surface area contributed by atoms with E-state index in [2.05, 4.69) is 15.5 Å². The summed E-state index contributed by atoms with van der Waals surface area (Å²) in [6.45, 7) is 2.96. The third kappa shape index (κ3) is 1.81. The van der Waals surface area contributed by atoms with Crippen LogP contribution in [-0.4, -0.2) is 58.4 Å². The van der Waals surface area contributed by atoms with E-state index in [1.54, 1.807) is 18.9 Å². The average molecular weight is 224 g/mol. The van der Waals surface area contributed by atoms with Crippen LogP contribution in [0.1, 0.15) is 16.1 Å². The largest absolute Gasteiger partial charge is 0.390 e. The second-order valence-electron chi connectivity index (χ2n) is 4.12. The normalized spacial score (nSPS) is 24.7. The van der Waals surface area contributed by atoms with E-state index in [0.717, 1.165) is 5.69 Å². The molecule has 1 amide bonds. The third-order valence-electron chi connectivity index (χ3n) is 3.03. The molecule has 6 nitrogen and oxygen atoms in total. The first-order chi connectivity index (χ1) is 7.61. The van der Waals surface area contributed by atoms with Crippen LogP contribution in [0, 0.1) is 6.92 Å². The Balaban J connectivity index is 2.13. The SMILES string of the molecule is Cc1[nH]ncc1C(=O)N(C)[C@@H]1CNC[C@H]1O. The standard InChI is InChI=1S/C10H16N4O2/c1-6-7(3-12-13-6)10(16)14(2)8-4-11-5-9(8)15/h3,8-9,11,15H,4-5H2,1-2H3,(H,12,13)/t8-,9-/m1/s1. The number of aryl methyl sites for hydroxylation is 1. The number of aromatic nitrogens is 2. The van der Waals surface area contributed by atoms with Crippen molar-refractivity contribution in [2.45, 2.75) is 19.1 Å². The summed E-state index contributed by atoms with van der Waals surface area (Å²) in [5.74, 6) is -0.112. The zero-order valence-electron chi connectivity index (χ0n) is 9.40. The molecule has 3 N–H and O–H groups in total. The van der Waals surface area contributed by atoms with Crippen LogP contribution in [0.2, 0.25) is 0 Å². The number of β-amino-alcohol motifs (C(OH)–C–C–N with tert-alkyl or cyclic N) is 1. The molecule has 1 fully saturated rings. The summed E-state index contributed by atoms with van der Waals surface area (Å²) >= 11 is 0. The van der Waals surface area contributed by atoms with Crippen LogP contribution in [-0.2, 0) is 0 Å². The zero-order valence-corrected chi connectivity index (χ0v) is 9.40. The van der Waals surface area contributed by atoms with Gasteiger partial charge in [-0.1, -0.05) is 0 Å². The monoisotopic (exact) mass is 224 g/mol. The van der Waals surface area contributed by atoms with E-state index >= 15 is 0 Å². The van der Waals surface area contributed by atoms with Gasteiger partial charge >= 0.3 is 0 Å². The fourth-order valence-corrected chi connectivity index (χ4v) is 1.95. The van der Waals surface area contributed by atoms with Gasteiger partial charge in [-0.25, -0.2) is 0 Å². The molecule has 1 saturated heterocycles. The van der Waals surface area contributed by atoms with E-state index in [1.165, 1.54) is 6.20 Å². The van der Waals surface area contributed by atoms with E-state index in [9.17, 15) is 9.90 Å². The van der Waals surface area contributed by atoms with E-state index in [4.69, 9.17) is 0 Å². The van der Waals surface area contributed by atoms with Gasteiger partial charge in [-0.05, 0) is 6.92 Å². The van der Waals surface area contributed by atoms with Crippen molar-refractivity contribution in [2.75, 3.05) is 20.1 Å². The third-order valence-corrected chi connectivity index (χ3v) is 3.03. The Labute approximate surface area is 93.6 Å². The highest BCUT2D eigenvalue weighted by atomic mass is 16.3. The highest BCUT2D eigenvalue weighted by molar-refractivity contribution is 5.95. The van der Waals surface area contributed by atoms with Crippen molar-refractivity contribution in [3.63, 3.8) is 0 Å². The van der Waals surface area contributed by atoms with Crippen molar-refractivity contribution < 1.29 is 9.90 Å². The summed E-state index contributed by atoms with van der Waals surface area (Å²) in [6, 6.07) is -0.165. The quantitative estimate of drug-likeness (QED) is 0.609. The summed E-state index contributed by atoms with van der Waals surface area (Å²) in [4.78, 5) is 13.7. The lowest BCUT2D eigenvalue weighted by molar-refractivity contribution is 0.0580. The molecule has 6 heteroatoms. The van der Waals surface area contributed by atoms with Crippen molar-refractivity contribution in [3.05, 3.63) is 17.5 Å². The van der Waals surface area contributed by atoms with E-state index in [0.29, 0.717) is 18.7 Å². The predicted octanol–water partition coefficient (Wildman–Crippen LogP) is -0.877. The predicted molar refractivity (Wildman–Crippen MR) is 58.1 cm³/mol. The lowest BCUT2D eigenvalue weighted by Gasteiger charge is -2.26. The Hall–Kier alpha value is -1.40. The van der Waals surface area contributed by atoms with Crippen LogP contribution in [0.25, 0.3) is 0 Å². The van der Waals surface area contributed by atoms with Crippen molar-refractivity contribution >= 4 is 5.91 Å². The van der Waals surface area contributed by atoms with Crippen LogP contribution in [0.5, 0.6) is 0 Å². The molecular formula is C10H16N4O2. The molecule has 1 aromatic rings. The van der Waals surface area contributed by atoms with Gasteiger partial charge in [0.05, 0.1) is 23.9 Å². The van der Waals surface area contributed by atoms with E-state index < -0.39 is 6.10 Å². The molecule has 1 aromatic heterocycles. The molecule has 2 heterocycles. The summed E-state index contributed by atoms with van der Waals surface area (Å²) in [5, 5.41) is 19.3. The molecule has 1 aliphatic heterocycles. The summed E-state index contributed by atoms with van der Waals surface area (Å²) in [7, 11) is 1.70. The summed E-state index contributed by atoms with van der Waals surface area (Å²) < 4.78 is 0. The van der Waals surface area contributed by atoms with Crippen LogP contribution in [0.3, 0.4) is 0 Å². The maximum atomic E-state index is 12.1. The molecule has 0 aromatic carbocycles. The highest BCUT2D eigenvalue weighted by Gasteiger charge is 2.32.